The number of rotatable bonds is 2. The van der Waals surface area contributed by atoms with Crippen LogP contribution in [0.15, 0.2) is 24.3 Å². The van der Waals surface area contributed by atoms with Crippen molar-refractivity contribution in [3.8, 4) is 0 Å². The van der Waals surface area contributed by atoms with Crippen LogP contribution >= 0.6 is 0 Å². The molecule has 1 N–H and O–H groups in total. The number of benzene rings is 1. The minimum absolute atomic E-state index is 0.0494. The molecule has 2 fully saturated rings. The highest BCUT2D eigenvalue weighted by Crippen LogP contribution is 2.39. The second-order valence-corrected chi connectivity index (χ2v) is 6.15. The first-order valence-corrected chi connectivity index (χ1v) is 7.63. The molecule has 0 aromatic heterocycles. The van der Waals surface area contributed by atoms with Crippen molar-refractivity contribution in [3.05, 3.63) is 35.4 Å². The van der Waals surface area contributed by atoms with Crippen LogP contribution in [0, 0.1) is 18.8 Å². The molecule has 3 atom stereocenters. The molecule has 112 valence electrons. The zero-order valence-electron chi connectivity index (χ0n) is 12.3. The van der Waals surface area contributed by atoms with Crippen LogP contribution in [0.25, 0.3) is 0 Å². The Morgan fingerprint density at radius 1 is 1.29 bits per heavy atom. The first kappa shape index (κ1) is 14.3. The maximum absolute atomic E-state index is 12.4. The molecule has 1 aromatic carbocycles. The Hall–Kier alpha value is -1.68. The zero-order chi connectivity index (χ0) is 14.8. The summed E-state index contributed by atoms with van der Waals surface area (Å²) in [7, 11) is 0. The molecular formula is C17H21NO3. The number of nitrogens with one attached hydrogen (secondary N) is 1. The van der Waals surface area contributed by atoms with Crippen molar-refractivity contribution in [1.82, 2.24) is 5.32 Å². The lowest BCUT2D eigenvalue weighted by atomic mass is 9.71. The summed E-state index contributed by atoms with van der Waals surface area (Å²) in [4.78, 5) is 24.2. The molecule has 2 aliphatic rings. The van der Waals surface area contributed by atoms with Crippen LogP contribution in [0.2, 0.25) is 0 Å². The predicted octanol–water partition coefficient (Wildman–Crippen LogP) is 2.17. The lowest BCUT2D eigenvalue weighted by Crippen LogP contribution is -2.47. The molecule has 1 aromatic rings. The summed E-state index contributed by atoms with van der Waals surface area (Å²) in [6.45, 7) is 3.47. The van der Waals surface area contributed by atoms with Gasteiger partial charge in [-0.05, 0) is 37.2 Å². The third-order valence-corrected chi connectivity index (χ3v) is 4.60. The minimum atomic E-state index is -0.241. The van der Waals surface area contributed by atoms with Gasteiger partial charge in [-0.3, -0.25) is 14.9 Å². The van der Waals surface area contributed by atoms with Crippen LogP contribution in [0.3, 0.4) is 0 Å². The Bertz CT molecular complexity index is 549. The number of piperidine rings is 1. The first-order chi connectivity index (χ1) is 10.1. The van der Waals surface area contributed by atoms with Gasteiger partial charge in [-0.15, -0.1) is 0 Å². The van der Waals surface area contributed by atoms with Gasteiger partial charge < -0.3 is 4.74 Å². The van der Waals surface area contributed by atoms with Crippen molar-refractivity contribution in [2.24, 2.45) is 11.8 Å². The fourth-order valence-corrected chi connectivity index (χ4v) is 3.60. The molecule has 2 saturated heterocycles. The quantitative estimate of drug-likeness (QED) is 0.848. The fraction of sp³-hybridized carbons (Fsp3) is 0.529. The molecule has 0 spiro atoms. The third-order valence-electron chi connectivity index (χ3n) is 4.60. The lowest BCUT2D eigenvalue weighted by Gasteiger charge is -2.37. The van der Waals surface area contributed by atoms with Gasteiger partial charge >= 0.3 is 0 Å². The average molecular weight is 287 g/mol. The summed E-state index contributed by atoms with van der Waals surface area (Å²) in [6, 6.07) is 8.04. The predicted molar refractivity (Wildman–Crippen MR) is 78.7 cm³/mol. The van der Waals surface area contributed by atoms with Crippen molar-refractivity contribution in [1.29, 1.82) is 0 Å². The van der Waals surface area contributed by atoms with Crippen LogP contribution in [0.5, 0.6) is 0 Å². The average Bonchev–Trinajstić information content (AvgIpc) is 2.47. The molecule has 4 nitrogen and oxygen atoms in total. The largest absolute Gasteiger partial charge is 0.381 e. The fourth-order valence-electron chi connectivity index (χ4n) is 3.60. The van der Waals surface area contributed by atoms with Gasteiger partial charge in [0, 0.05) is 19.6 Å². The van der Waals surface area contributed by atoms with E-state index in [1.54, 1.807) is 0 Å². The van der Waals surface area contributed by atoms with Crippen LogP contribution in [-0.4, -0.2) is 25.0 Å². The number of hydrogen-bond donors (Lipinski definition) is 1. The molecule has 0 saturated carbocycles. The summed E-state index contributed by atoms with van der Waals surface area (Å²) in [5.41, 5.74) is 2.14. The molecule has 0 aliphatic carbocycles. The summed E-state index contributed by atoms with van der Waals surface area (Å²) in [5, 5.41) is 2.50. The number of amides is 2. The monoisotopic (exact) mass is 287 g/mol. The molecule has 2 amide bonds. The number of hydrogen-bond acceptors (Lipinski definition) is 3. The second kappa shape index (κ2) is 5.98. The topological polar surface area (TPSA) is 55.4 Å². The molecule has 2 heterocycles. The van der Waals surface area contributed by atoms with Crippen molar-refractivity contribution in [2.75, 3.05) is 13.2 Å². The highest BCUT2D eigenvalue weighted by molar-refractivity contribution is 6.01. The van der Waals surface area contributed by atoms with Crippen molar-refractivity contribution in [3.63, 3.8) is 0 Å². The number of imide groups is 1. The van der Waals surface area contributed by atoms with Gasteiger partial charge in [0.25, 0.3) is 0 Å². The van der Waals surface area contributed by atoms with Crippen molar-refractivity contribution >= 4 is 11.8 Å². The molecule has 21 heavy (non-hydrogen) atoms. The van der Waals surface area contributed by atoms with Gasteiger partial charge in [0.15, 0.2) is 0 Å². The number of aryl methyl sites for hydroxylation is 1. The van der Waals surface area contributed by atoms with E-state index in [0.717, 1.165) is 30.6 Å². The Morgan fingerprint density at radius 3 is 2.86 bits per heavy atom. The van der Waals surface area contributed by atoms with Crippen molar-refractivity contribution in [2.45, 2.75) is 32.1 Å². The van der Waals surface area contributed by atoms with E-state index in [-0.39, 0.29) is 23.7 Å². The maximum atomic E-state index is 12.4. The van der Waals surface area contributed by atoms with E-state index >= 15 is 0 Å². The van der Waals surface area contributed by atoms with E-state index < -0.39 is 0 Å². The van der Waals surface area contributed by atoms with Gasteiger partial charge in [-0.1, -0.05) is 29.8 Å². The van der Waals surface area contributed by atoms with E-state index in [2.05, 4.69) is 11.4 Å². The second-order valence-electron chi connectivity index (χ2n) is 6.15. The van der Waals surface area contributed by atoms with Crippen molar-refractivity contribution < 1.29 is 14.3 Å². The third kappa shape index (κ3) is 3.00. The van der Waals surface area contributed by atoms with E-state index in [4.69, 9.17) is 4.74 Å². The molecule has 3 rings (SSSR count). The molecular weight excluding hydrogens is 266 g/mol. The van der Waals surface area contributed by atoms with Crippen LogP contribution in [0.1, 0.15) is 36.3 Å². The van der Waals surface area contributed by atoms with Gasteiger partial charge in [-0.2, -0.15) is 0 Å². The normalized spacial score (nSPS) is 30.0. The van der Waals surface area contributed by atoms with Crippen LogP contribution in [0.4, 0.5) is 0 Å². The molecule has 0 radical (unpaired) electrons. The van der Waals surface area contributed by atoms with Crippen LogP contribution < -0.4 is 5.32 Å². The number of carbonyl (C=O) groups excluding carboxylic acids is 2. The summed E-state index contributed by atoms with van der Waals surface area (Å²) in [5.74, 6) is -0.214. The van der Waals surface area contributed by atoms with Gasteiger partial charge in [-0.25, -0.2) is 0 Å². The summed E-state index contributed by atoms with van der Waals surface area (Å²) in [6.07, 6.45) is 2.46. The maximum Gasteiger partial charge on any atom is 0.234 e. The Morgan fingerprint density at radius 2 is 2.14 bits per heavy atom. The molecule has 0 bridgehead atoms. The SMILES string of the molecule is Cc1cccc(C2C(=O)NC(=O)CC2C2CCCOC2)c1. The highest BCUT2D eigenvalue weighted by atomic mass is 16.5. The standard InChI is InChI=1S/C17H21NO3/c1-11-4-2-5-12(8-11)16-14(9-15(19)18-17(16)20)13-6-3-7-21-10-13/h2,4-5,8,13-14,16H,3,6-7,9-10H2,1H3,(H,18,19,20). The number of carbonyl (C=O) groups is 2. The first-order valence-electron chi connectivity index (χ1n) is 7.63. The minimum Gasteiger partial charge on any atom is -0.381 e. The Balaban J connectivity index is 1.92. The molecule has 4 heteroatoms. The Labute approximate surface area is 124 Å². The van der Waals surface area contributed by atoms with E-state index in [0.29, 0.717) is 18.9 Å². The zero-order valence-corrected chi connectivity index (χ0v) is 12.3. The summed E-state index contributed by atoms with van der Waals surface area (Å²) < 4.78 is 5.57. The van der Waals surface area contributed by atoms with Gasteiger partial charge in [0.05, 0.1) is 5.92 Å². The smallest absolute Gasteiger partial charge is 0.234 e. The molecule has 2 aliphatic heterocycles. The highest BCUT2D eigenvalue weighted by Gasteiger charge is 2.41. The van der Waals surface area contributed by atoms with Gasteiger partial charge in [0.2, 0.25) is 11.8 Å². The molecule has 3 unspecified atom stereocenters. The van der Waals surface area contributed by atoms with E-state index in [1.807, 2.05) is 25.1 Å². The van der Waals surface area contributed by atoms with Crippen LogP contribution in [-0.2, 0) is 14.3 Å². The summed E-state index contributed by atoms with van der Waals surface area (Å²) >= 11 is 0. The Kier molecular flexibility index (Phi) is 4.06. The van der Waals surface area contributed by atoms with E-state index in [1.165, 1.54) is 0 Å². The lowest BCUT2D eigenvalue weighted by molar-refractivity contribution is -0.138. The number of ether oxygens (including phenoxy) is 1. The van der Waals surface area contributed by atoms with Gasteiger partial charge in [0.1, 0.15) is 0 Å². The van der Waals surface area contributed by atoms with E-state index in [9.17, 15) is 9.59 Å².